The highest BCUT2D eigenvalue weighted by atomic mass is 32.2. The molecule has 2 amide bonds. The molecule has 0 bridgehead atoms. The summed E-state index contributed by atoms with van der Waals surface area (Å²) in [6.45, 7) is 5.91. The Morgan fingerprint density at radius 3 is 2.39 bits per heavy atom. The van der Waals surface area contributed by atoms with Gasteiger partial charge in [-0.1, -0.05) is 29.8 Å². The topological polar surface area (TPSA) is 84.2 Å². The molecule has 8 heteroatoms. The predicted molar refractivity (Wildman–Crippen MR) is 134 cm³/mol. The van der Waals surface area contributed by atoms with E-state index in [0.29, 0.717) is 10.8 Å². The maximum atomic E-state index is 12.7. The molecular weight excluding hydrogens is 454 g/mol. The molecule has 6 nitrogen and oxygen atoms in total. The maximum Gasteiger partial charge on any atom is 0.291 e. The van der Waals surface area contributed by atoms with Crippen molar-refractivity contribution in [3.63, 3.8) is 0 Å². The van der Waals surface area contributed by atoms with Crippen molar-refractivity contribution >= 4 is 45.7 Å². The van der Waals surface area contributed by atoms with E-state index < -0.39 is 0 Å². The Hall–Kier alpha value is -3.36. The number of carbonyl (C=O) groups excluding carboxylic acids is 2. The molecule has 168 valence electrons. The van der Waals surface area contributed by atoms with Gasteiger partial charge in [-0.2, -0.15) is 0 Å². The van der Waals surface area contributed by atoms with E-state index in [4.69, 9.17) is 4.42 Å². The molecular formula is C25H23N3O3S2. The van der Waals surface area contributed by atoms with Crippen molar-refractivity contribution in [2.24, 2.45) is 0 Å². The van der Waals surface area contributed by atoms with Gasteiger partial charge >= 0.3 is 0 Å². The fourth-order valence-corrected chi connectivity index (χ4v) is 4.82. The maximum absolute atomic E-state index is 12.7. The van der Waals surface area contributed by atoms with Gasteiger partial charge < -0.3 is 15.1 Å². The fraction of sp³-hybridized carbons (Fsp3) is 0.160. The average Bonchev–Trinajstić information content (AvgIpc) is 3.46. The first-order chi connectivity index (χ1) is 15.9. The van der Waals surface area contributed by atoms with Gasteiger partial charge in [0.25, 0.3) is 5.91 Å². The average molecular weight is 478 g/mol. The van der Waals surface area contributed by atoms with E-state index in [2.05, 4.69) is 27.8 Å². The van der Waals surface area contributed by atoms with Crippen molar-refractivity contribution in [1.29, 1.82) is 0 Å². The van der Waals surface area contributed by atoms with Crippen molar-refractivity contribution in [3.8, 4) is 11.3 Å². The molecule has 0 aliphatic heterocycles. The third-order valence-electron chi connectivity index (χ3n) is 4.89. The van der Waals surface area contributed by atoms with Crippen LogP contribution in [0.25, 0.3) is 11.3 Å². The minimum Gasteiger partial charge on any atom is -0.459 e. The van der Waals surface area contributed by atoms with Crippen LogP contribution in [0.3, 0.4) is 0 Å². The van der Waals surface area contributed by atoms with Crippen LogP contribution in [0.1, 0.15) is 27.9 Å². The second-order valence-corrected chi connectivity index (χ2v) is 10.1. The molecule has 2 heterocycles. The highest BCUT2D eigenvalue weighted by Crippen LogP contribution is 2.31. The SMILES string of the molecule is Cc1ccc(-c2nc(NC(=O)C(C)Sc3ccc(NC(=O)c4ccco4)cc3)sc2C)cc1. The van der Waals surface area contributed by atoms with Gasteiger partial charge in [-0.3, -0.25) is 9.59 Å². The molecule has 2 aromatic heterocycles. The molecule has 0 spiro atoms. The van der Waals surface area contributed by atoms with Gasteiger partial charge in [0.2, 0.25) is 5.91 Å². The summed E-state index contributed by atoms with van der Waals surface area (Å²) in [5, 5.41) is 5.99. The van der Waals surface area contributed by atoms with Gasteiger partial charge in [-0.15, -0.1) is 23.1 Å². The van der Waals surface area contributed by atoms with Gasteiger partial charge in [0, 0.05) is 21.0 Å². The van der Waals surface area contributed by atoms with Crippen molar-refractivity contribution in [3.05, 3.63) is 83.1 Å². The van der Waals surface area contributed by atoms with Crippen LogP contribution in [0.4, 0.5) is 10.8 Å². The summed E-state index contributed by atoms with van der Waals surface area (Å²) < 4.78 is 5.09. The molecule has 4 rings (SSSR count). The summed E-state index contributed by atoms with van der Waals surface area (Å²) in [7, 11) is 0. The lowest BCUT2D eigenvalue weighted by Gasteiger charge is -2.11. The summed E-state index contributed by atoms with van der Waals surface area (Å²) >= 11 is 2.91. The number of rotatable bonds is 7. The Balaban J connectivity index is 1.34. The zero-order chi connectivity index (χ0) is 23.4. The van der Waals surface area contributed by atoms with E-state index >= 15 is 0 Å². The molecule has 0 aliphatic carbocycles. The first kappa shape index (κ1) is 22.8. The molecule has 0 aliphatic rings. The third-order valence-corrected chi connectivity index (χ3v) is 6.89. The van der Waals surface area contributed by atoms with E-state index in [1.165, 1.54) is 34.9 Å². The minimum atomic E-state index is -0.319. The Morgan fingerprint density at radius 2 is 1.73 bits per heavy atom. The molecule has 0 radical (unpaired) electrons. The highest BCUT2D eigenvalue weighted by molar-refractivity contribution is 8.00. The first-order valence-corrected chi connectivity index (χ1v) is 12.1. The molecule has 2 N–H and O–H groups in total. The number of furan rings is 1. The molecule has 33 heavy (non-hydrogen) atoms. The number of aryl methyl sites for hydroxylation is 2. The van der Waals surface area contributed by atoms with Crippen molar-refractivity contribution in [1.82, 2.24) is 4.98 Å². The lowest BCUT2D eigenvalue weighted by Crippen LogP contribution is -2.22. The number of carbonyl (C=O) groups is 2. The van der Waals surface area contributed by atoms with Crippen LogP contribution in [-0.4, -0.2) is 22.0 Å². The number of benzene rings is 2. The molecule has 0 saturated heterocycles. The monoisotopic (exact) mass is 477 g/mol. The first-order valence-electron chi connectivity index (χ1n) is 10.4. The summed E-state index contributed by atoms with van der Waals surface area (Å²) in [4.78, 5) is 31.4. The quantitative estimate of drug-likeness (QED) is 0.301. The van der Waals surface area contributed by atoms with Gasteiger partial charge in [0.05, 0.1) is 17.2 Å². The van der Waals surface area contributed by atoms with Crippen LogP contribution >= 0.6 is 23.1 Å². The highest BCUT2D eigenvalue weighted by Gasteiger charge is 2.18. The van der Waals surface area contributed by atoms with Crippen molar-refractivity contribution in [2.45, 2.75) is 30.9 Å². The van der Waals surface area contributed by atoms with Gasteiger partial charge in [-0.05, 0) is 57.2 Å². The number of aromatic nitrogens is 1. The number of nitrogens with one attached hydrogen (secondary N) is 2. The summed E-state index contributed by atoms with van der Waals surface area (Å²) in [6, 6.07) is 18.8. The smallest absolute Gasteiger partial charge is 0.291 e. The summed E-state index contributed by atoms with van der Waals surface area (Å²) in [6.07, 6.45) is 1.46. The van der Waals surface area contributed by atoms with E-state index in [1.807, 2.05) is 45.0 Å². The Labute approximate surface area is 200 Å². The minimum absolute atomic E-state index is 0.112. The lowest BCUT2D eigenvalue weighted by atomic mass is 10.1. The van der Waals surface area contributed by atoms with Crippen LogP contribution < -0.4 is 10.6 Å². The van der Waals surface area contributed by atoms with Crippen molar-refractivity contribution < 1.29 is 14.0 Å². The third kappa shape index (κ3) is 5.71. The van der Waals surface area contributed by atoms with Crippen LogP contribution in [-0.2, 0) is 4.79 Å². The molecule has 1 unspecified atom stereocenters. The fourth-order valence-electron chi connectivity index (χ4n) is 3.11. The molecule has 1 atom stereocenters. The Kier molecular flexibility index (Phi) is 6.96. The van der Waals surface area contributed by atoms with Gasteiger partial charge in [0.15, 0.2) is 10.9 Å². The largest absolute Gasteiger partial charge is 0.459 e. The van der Waals surface area contributed by atoms with Crippen LogP contribution in [0.5, 0.6) is 0 Å². The normalized spacial score (nSPS) is 11.7. The lowest BCUT2D eigenvalue weighted by molar-refractivity contribution is -0.115. The van der Waals surface area contributed by atoms with Gasteiger partial charge in [-0.25, -0.2) is 4.98 Å². The molecule has 0 fully saturated rings. The number of thiazole rings is 1. The number of hydrogen-bond donors (Lipinski definition) is 2. The van der Waals surface area contributed by atoms with Gasteiger partial charge in [0.1, 0.15) is 0 Å². The molecule has 2 aromatic carbocycles. The second-order valence-electron chi connectivity index (χ2n) is 7.49. The van der Waals surface area contributed by atoms with E-state index in [-0.39, 0.29) is 22.8 Å². The summed E-state index contributed by atoms with van der Waals surface area (Å²) in [5.41, 5.74) is 3.78. The summed E-state index contributed by atoms with van der Waals surface area (Å²) in [5.74, 6) is -0.169. The molecule has 0 saturated carbocycles. The van der Waals surface area contributed by atoms with E-state index in [0.717, 1.165) is 21.0 Å². The van der Waals surface area contributed by atoms with E-state index in [1.54, 1.807) is 24.3 Å². The Morgan fingerprint density at radius 1 is 1.00 bits per heavy atom. The Bertz CT molecular complexity index is 1250. The number of thioether (sulfide) groups is 1. The molecule has 4 aromatic rings. The van der Waals surface area contributed by atoms with E-state index in [9.17, 15) is 9.59 Å². The zero-order valence-electron chi connectivity index (χ0n) is 18.4. The number of anilines is 2. The zero-order valence-corrected chi connectivity index (χ0v) is 20.0. The van der Waals surface area contributed by atoms with Crippen LogP contribution in [0.2, 0.25) is 0 Å². The van der Waals surface area contributed by atoms with Crippen LogP contribution in [0, 0.1) is 13.8 Å². The number of nitrogens with zero attached hydrogens (tertiary/aromatic N) is 1. The number of hydrogen-bond acceptors (Lipinski definition) is 6. The predicted octanol–water partition coefficient (Wildman–Crippen LogP) is 6.39. The second kappa shape index (κ2) is 10.1. The number of amides is 2. The van der Waals surface area contributed by atoms with Crippen molar-refractivity contribution in [2.75, 3.05) is 10.6 Å². The standard InChI is InChI=1S/C25H23N3O3S2/c1-15-6-8-18(9-7-15)22-16(2)33-25(27-22)28-23(29)17(3)32-20-12-10-19(11-13-20)26-24(30)21-5-4-14-31-21/h4-14,17H,1-3H3,(H,26,30)(H,27,28,29). The van der Waals surface area contributed by atoms with Crippen LogP contribution in [0.15, 0.2) is 76.2 Å².